The molecule has 0 atom stereocenters. The Morgan fingerprint density at radius 1 is 1.60 bits per heavy atom. The zero-order valence-corrected chi connectivity index (χ0v) is 8.55. The summed E-state index contributed by atoms with van der Waals surface area (Å²) in [6.45, 7) is 1.47. The molecule has 2 rings (SSSR count). The fraction of sp³-hybridized carbons (Fsp3) is 0.667. The molecule has 0 unspecified atom stereocenters. The summed E-state index contributed by atoms with van der Waals surface area (Å²) in [6, 6.07) is 0.282. The van der Waals surface area contributed by atoms with E-state index in [2.05, 4.69) is 15.0 Å². The Labute approximate surface area is 87.2 Å². The lowest BCUT2D eigenvalue weighted by Gasteiger charge is -2.21. The first-order chi connectivity index (χ1) is 7.31. The molecule has 1 aliphatic heterocycles. The highest BCUT2D eigenvalue weighted by molar-refractivity contribution is 5.86. The van der Waals surface area contributed by atoms with E-state index in [0.717, 1.165) is 26.1 Å². The second-order valence-electron chi connectivity index (χ2n) is 3.42. The van der Waals surface area contributed by atoms with E-state index < -0.39 is 5.97 Å². The number of methoxy groups -OCH3 is 1. The molecule has 1 aromatic rings. The molecule has 0 N–H and O–H groups in total. The Morgan fingerprint density at radius 3 is 3.00 bits per heavy atom. The van der Waals surface area contributed by atoms with Gasteiger partial charge in [-0.05, 0) is 12.8 Å². The van der Waals surface area contributed by atoms with Crippen molar-refractivity contribution in [2.24, 2.45) is 0 Å². The molecule has 0 spiro atoms. The summed E-state index contributed by atoms with van der Waals surface area (Å²) < 4.78 is 11.5. The van der Waals surface area contributed by atoms with Gasteiger partial charge >= 0.3 is 5.97 Å². The van der Waals surface area contributed by atoms with Gasteiger partial charge in [0.2, 0.25) is 0 Å². The van der Waals surface area contributed by atoms with Gasteiger partial charge in [0, 0.05) is 13.2 Å². The molecule has 1 aromatic heterocycles. The minimum absolute atomic E-state index is 0.254. The summed E-state index contributed by atoms with van der Waals surface area (Å²) >= 11 is 0. The second-order valence-corrected chi connectivity index (χ2v) is 3.42. The standard InChI is InChI=1S/C9H13N3O3/c1-14-9(13)8-6-12(11-10-8)7-2-4-15-5-3-7/h6-7H,2-5H2,1H3. The fourth-order valence-electron chi connectivity index (χ4n) is 1.60. The van der Waals surface area contributed by atoms with Crippen LogP contribution in [0.5, 0.6) is 0 Å². The maximum absolute atomic E-state index is 11.1. The van der Waals surface area contributed by atoms with Crippen LogP contribution in [0.15, 0.2) is 6.20 Å². The predicted molar refractivity (Wildman–Crippen MR) is 50.5 cm³/mol. The van der Waals surface area contributed by atoms with Crippen molar-refractivity contribution in [3.8, 4) is 0 Å². The number of hydrogen-bond acceptors (Lipinski definition) is 5. The SMILES string of the molecule is COC(=O)c1cn(C2CCOCC2)nn1. The van der Waals surface area contributed by atoms with Gasteiger partial charge in [-0.2, -0.15) is 0 Å². The van der Waals surface area contributed by atoms with Crippen LogP contribution in [0, 0.1) is 0 Å². The van der Waals surface area contributed by atoms with Gasteiger partial charge in [0.1, 0.15) is 0 Å². The summed E-state index contributed by atoms with van der Waals surface area (Å²) in [5.74, 6) is -0.451. The summed E-state index contributed by atoms with van der Waals surface area (Å²) in [6.07, 6.45) is 3.44. The maximum Gasteiger partial charge on any atom is 0.360 e. The van der Waals surface area contributed by atoms with Gasteiger partial charge < -0.3 is 9.47 Å². The molecule has 2 heterocycles. The zero-order valence-electron chi connectivity index (χ0n) is 8.55. The molecule has 1 fully saturated rings. The first-order valence-electron chi connectivity index (χ1n) is 4.89. The Morgan fingerprint density at radius 2 is 2.33 bits per heavy atom. The maximum atomic E-state index is 11.1. The van der Waals surface area contributed by atoms with Crippen LogP contribution in [0.25, 0.3) is 0 Å². The van der Waals surface area contributed by atoms with Crippen LogP contribution in [0.3, 0.4) is 0 Å². The lowest BCUT2D eigenvalue weighted by atomic mass is 10.1. The van der Waals surface area contributed by atoms with Crippen molar-refractivity contribution in [3.05, 3.63) is 11.9 Å². The number of nitrogens with zero attached hydrogens (tertiary/aromatic N) is 3. The summed E-state index contributed by atoms with van der Waals surface area (Å²) in [4.78, 5) is 11.1. The first kappa shape index (κ1) is 10.1. The van der Waals surface area contributed by atoms with E-state index in [1.165, 1.54) is 7.11 Å². The van der Waals surface area contributed by atoms with E-state index in [0.29, 0.717) is 0 Å². The minimum Gasteiger partial charge on any atom is -0.464 e. The van der Waals surface area contributed by atoms with Gasteiger partial charge in [-0.3, -0.25) is 0 Å². The molecule has 0 bridgehead atoms. The smallest absolute Gasteiger partial charge is 0.360 e. The lowest BCUT2D eigenvalue weighted by molar-refractivity contribution is 0.0593. The fourth-order valence-corrected chi connectivity index (χ4v) is 1.60. The Kier molecular flexibility index (Phi) is 2.96. The number of carbonyl (C=O) groups excluding carboxylic acids is 1. The molecular formula is C9H13N3O3. The third-order valence-corrected chi connectivity index (χ3v) is 2.47. The van der Waals surface area contributed by atoms with E-state index in [9.17, 15) is 4.79 Å². The van der Waals surface area contributed by atoms with Crippen LogP contribution in [0.1, 0.15) is 29.4 Å². The highest BCUT2D eigenvalue weighted by atomic mass is 16.5. The van der Waals surface area contributed by atoms with E-state index in [1.54, 1.807) is 10.9 Å². The topological polar surface area (TPSA) is 66.2 Å². The third kappa shape index (κ3) is 2.15. The van der Waals surface area contributed by atoms with E-state index >= 15 is 0 Å². The van der Waals surface area contributed by atoms with Crippen molar-refractivity contribution in [2.45, 2.75) is 18.9 Å². The number of aromatic nitrogens is 3. The van der Waals surface area contributed by atoms with Gasteiger partial charge in [-0.15, -0.1) is 5.10 Å². The Bertz CT molecular complexity index is 344. The molecule has 6 nitrogen and oxygen atoms in total. The van der Waals surface area contributed by atoms with Crippen LogP contribution in [0.2, 0.25) is 0 Å². The van der Waals surface area contributed by atoms with Crippen molar-refractivity contribution in [2.75, 3.05) is 20.3 Å². The van der Waals surface area contributed by atoms with Crippen LogP contribution in [0.4, 0.5) is 0 Å². The molecule has 82 valence electrons. The number of esters is 1. The second kappa shape index (κ2) is 4.39. The van der Waals surface area contributed by atoms with E-state index in [1.807, 2.05) is 0 Å². The van der Waals surface area contributed by atoms with Crippen molar-refractivity contribution in [3.63, 3.8) is 0 Å². The Hall–Kier alpha value is -1.43. The van der Waals surface area contributed by atoms with Gasteiger partial charge in [0.25, 0.3) is 0 Å². The summed E-state index contributed by atoms with van der Waals surface area (Å²) in [7, 11) is 1.33. The van der Waals surface area contributed by atoms with Crippen molar-refractivity contribution in [1.29, 1.82) is 0 Å². The molecular weight excluding hydrogens is 198 g/mol. The Balaban J connectivity index is 2.08. The average Bonchev–Trinajstić information content (AvgIpc) is 2.78. The minimum atomic E-state index is -0.451. The molecule has 0 aliphatic carbocycles. The van der Waals surface area contributed by atoms with Gasteiger partial charge in [-0.25, -0.2) is 9.48 Å². The molecule has 1 aliphatic rings. The first-order valence-corrected chi connectivity index (χ1v) is 4.89. The largest absolute Gasteiger partial charge is 0.464 e. The quantitative estimate of drug-likeness (QED) is 0.663. The highest BCUT2D eigenvalue weighted by Gasteiger charge is 2.19. The van der Waals surface area contributed by atoms with Gasteiger partial charge in [-0.1, -0.05) is 5.21 Å². The summed E-state index contributed by atoms with van der Waals surface area (Å²) in [5.41, 5.74) is 0.254. The van der Waals surface area contributed by atoms with Gasteiger partial charge in [0.15, 0.2) is 5.69 Å². The van der Waals surface area contributed by atoms with Crippen LogP contribution >= 0.6 is 0 Å². The molecule has 1 saturated heterocycles. The summed E-state index contributed by atoms with van der Waals surface area (Å²) in [5, 5.41) is 7.68. The van der Waals surface area contributed by atoms with E-state index in [4.69, 9.17) is 4.74 Å². The number of hydrogen-bond donors (Lipinski definition) is 0. The third-order valence-electron chi connectivity index (χ3n) is 2.47. The van der Waals surface area contributed by atoms with Crippen LogP contribution < -0.4 is 0 Å². The van der Waals surface area contributed by atoms with E-state index in [-0.39, 0.29) is 11.7 Å². The number of rotatable bonds is 2. The molecule has 0 amide bonds. The van der Waals surface area contributed by atoms with Crippen molar-refractivity contribution >= 4 is 5.97 Å². The normalized spacial score (nSPS) is 17.7. The monoisotopic (exact) mass is 211 g/mol. The average molecular weight is 211 g/mol. The molecule has 0 radical (unpaired) electrons. The van der Waals surface area contributed by atoms with Gasteiger partial charge in [0.05, 0.1) is 19.3 Å². The van der Waals surface area contributed by atoms with Crippen LogP contribution in [-0.2, 0) is 9.47 Å². The predicted octanol–water partition coefficient (Wildman–Crippen LogP) is 0.416. The highest BCUT2D eigenvalue weighted by Crippen LogP contribution is 2.19. The number of carbonyl (C=O) groups is 1. The zero-order chi connectivity index (χ0) is 10.7. The lowest BCUT2D eigenvalue weighted by Crippen LogP contribution is -2.20. The van der Waals surface area contributed by atoms with Crippen LogP contribution in [-0.4, -0.2) is 41.3 Å². The van der Waals surface area contributed by atoms with Crippen molar-refractivity contribution in [1.82, 2.24) is 15.0 Å². The van der Waals surface area contributed by atoms with Crippen molar-refractivity contribution < 1.29 is 14.3 Å². The molecule has 6 heteroatoms. The number of ether oxygens (including phenoxy) is 2. The molecule has 15 heavy (non-hydrogen) atoms. The molecule has 0 aromatic carbocycles. The molecule has 0 saturated carbocycles.